The van der Waals surface area contributed by atoms with E-state index in [1.165, 1.54) is 12.1 Å². The zero-order valence-corrected chi connectivity index (χ0v) is 7.74. The summed E-state index contributed by atoms with van der Waals surface area (Å²) in [5.74, 6) is 0.288. The Morgan fingerprint density at radius 1 is 1.36 bits per heavy atom. The van der Waals surface area contributed by atoms with E-state index >= 15 is 0 Å². The molecular weight excluding hydrogens is 181 g/mol. The molecule has 3 nitrogen and oxygen atoms in total. The molecule has 0 unspecified atom stereocenters. The summed E-state index contributed by atoms with van der Waals surface area (Å²) in [6.45, 7) is 0. The molecule has 1 heterocycles. The van der Waals surface area contributed by atoms with Gasteiger partial charge in [0.25, 0.3) is 0 Å². The summed E-state index contributed by atoms with van der Waals surface area (Å²) in [5.41, 5.74) is 7.04. The van der Waals surface area contributed by atoms with Crippen molar-refractivity contribution in [2.24, 2.45) is 7.05 Å². The number of halogens is 1. The number of anilines is 1. The highest BCUT2D eigenvalue weighted by molar-refractivity contribution is 5.62. The summed E-state index contributed by atoms with van der Waals surface area (Å²) < 4.78 is 14.5. The van der Waals surface area contributed by atoms with Crippen molar-refractivity contribution < 1.29 is 4.39 Å². The van der Waals surface area contributed by atoms with Gasteiger partial charge in [-0.2, -0.15) is 5.10 Å². The van der Waals surface area contributed by atoms with Crippen LogP contribution in [-0.4, -0.2) is 9.78 Å². The van der Waals surface area contributed by atoms with E-state index in [4.69, 9.17) is 5.73 Å². The molecule has 0 aliphatic rings. The van der Waals surface area contributed by atoms with Crippen LogP contribution < -0.4 is 5.73 Å². The van der Waals surface area contributed by atoms with Crippen LogP contribution in [0, 0.1) is 5.82 Å². The van der Waals surface area contributed by atoms with E-state index in [-0.39, 0.29) is 5.82 Å². The number of rotatable bonds is 1. The number of aryl methyl sites for hydroxylation is 1. The van der Waals surface area contributed by atoms with Crippen molar-refractivity contribution >= 4 is 5.82 Å². The Morgan fingerprint density at radius 3 is 2.71 bits per heavy atom. The lowest BCUT2D eigenvalue weighted by Crippen LogP contribution is -1.96. The Labute approximate surface area is 81.0 Å². The fraction of sp³-hybridized carbons (Fsp3) is 0.100. The van der Waals surface area contributed by atoms with Gasteiger partial charge in [0, 0.05) is 18.7 Å². The van der Waals surface area contributed by atoms with Crippen LogP contribution in [0.15, 0.2) is 30.3 Å². The van der Waals surface area contributed by atoms with Crippen molar-refractivity contribution in [2.45, 2.75) is 0 Å². The van der Waals surface area contributed by atoms with E-state index in [9.17, 15) is 4.39 Å². The van der Waals surface area contributed by atoms with Crippen LogP contribution in [-0.2, 0) is 7.05 Å². The summed E-state index contributed by atoms with van der Waals surface area (Å²) in [6.07, 6.45) is 0. The Hall–Kier alpha value is -1.84. The highest BCUT2D eigenvalue weighted by Gasteiger charge is 2.04. The van der Waals surface area contributed by atoms with Gasteiger partial charge in [-0.25, -0.2) is 4.39 Å². The maximum atomic E-state index is 12.9. The zero-order valence-electron chi connectivity index (χ0n) is 7.74. The van der Waals surface area contributed by atoms with Gasteiger partial charge in [0.05, 0.1) is 5.69 Å². The van der Waals surface area contributed by atoms with Crippen molar-refractivity contribution in [3.63, 3.8) is 0 Å². The second kappa shape index (κ2) is 3.14. The first-order valence-corrected chi connectivity index (χ1v) is 4.22. The minimum absolute atomic E-state index is 0.272. The van der Waals surface area contributed by atoms with E-state index < -0.39 is 0 Å². The first-order valence-electron chi connectivity index (χ1n) is 4.22. The molecule has 0 atom stereocenters. The lowest BCUT2D eigenvalue weighted by Gasteiger charge is -1.95. The van der Waals surface area contributed by atoms with Gasteiger partial charge in [0.1, 0.15) is 11.6 Å². The van der Waals surface area contributed by atoms with Gasteiger partial charge in [-0.1, -0.05) is 12.1 Å². The summed E-state index contributed by atoms with van der Waals surface area (Å²) in [6, 6.07) is 7.99. The second-order valence-corrected chi connectivity index (χ2v) is 3.09. The molecule has 0 saturated carbocycles. The molecule has 2 rings (SSSR count). The van der Waals surface area contributed by atoms with Crippen LogP contribution in [0.4, 0.5) is 10.2 Å². The summed E-state index contributed by atoms with van der Waals surface area (Å²) in [5, 5.41) is 4.15. The second-order valence-electron chi connectivity index (χ2n) is 3.09. The maximum absolute atomic E-state index is 12.9. The van der Waals surface area contributed by atoms with Crippen LogP contribution in [0.5, 0.6) is 0 Å². The van der Waals surface area contributed by atoms with E-state index in [2.05, 4.69) is 5.10 Å². The predicted octanol–water partition coefficient (Wildman–Crippen LogP) is 1.81. The third-order valence-electron chi connectivity index (χ3n) is 2.04. The summed E-state index contributed by atoms with van der Waals surface area (Å²) >= 11 is 0. The van der Waals surface area contributed by atoms with Crippen LogP contribution in [0.3, 0.4) is 0 Å². The molecule has 0 fully saturated rings. The van der Waals surface area contributed by atoms with Gasteiger partial charge in [0.2, 0.25) is 0 Å². The Balaban J connectivity index is 2.49. The van der Waals surface area contributed by atoms with Crippen molar-refractivity contribution in [2.75, 3.05) is 5.73 Å². The smallest absolute Gasteiger partial charge is 0.123 e. The largest absolute Gasteiger partial charge is 0.384 e. The van der Waals surface area contributed by atoms with Gasteiger partial charge >= 0.3 is 0 Å². The van der Waals surface area contributed by atoms with Crippen LogP contribution in [0.1, 0.15) is 0 Å². The van der Waals surface area contributed by atoms with Crippen molar-refractivity contribution in [1.82, 2.24) is 9.78 Å². The number of nitrogens with two attached hydrogens (primary N) is 1. The van der Waals surface area contributed by atoms with Gasteiger partial charge in [-0.05, 0) is 12.1 Å². The zero-order chi connectivity index (χ0) is 10.1. The van der Waals surface area contributed by atoms with Crippen LogP contribution in [0.2, 0.25) is 0 Å². The number of nitrogen functional groups attached to an aromatic ring is 1. The summed E-state index contributed by atoms with van der Waals surface area (Å²) in [4.78, 5) is 0. The molecule has 0 radical (unpaired) electrons. The number of aromatic nitrogens is 2. The molecule has 0 saturated heterocycles. The average molecular weight is 191 g/mol. The minimum Gasteiger partial charge on any atom is -0.384 e. The molecule has 0 aliphatic heterocycles. The first kappa shape index (κ1) is 8.74. The predicted molar refractivity (Wildman–Crippen MR) is 53.0 cm³/mol. The van der Waals surface area contributed by atoms with Gasteiger partial charge in [-0.15, -0.1) is 0 Å². The molecule has 14 heavy (non-hydrogen) atoms. The fourth-order valence-electron chi connectivity index (χ4n) is 1.27. The third-order valence-corrected chi connectivity index (χ3v) is 2.04. The lowest BCUT2D eigenvalue weighted by atomic mass is 10.1. The molecule has 1 aromatic heterocycles. The first-order chi connectivity index (χ1) is 6.66. The van der Waals surface area contributed by atoms with E-state index in [1.807, 2.05) is 0 Å². The third kappa shape index (κ3) is 1.46. The molecule has 0 amide bonds. The molecule has 4 heteroatoms. The Morgan fingerprint density at radius 2 is 2.14 bits per heavy atom. The molecule has 0 aliphatic carbocycles. The van der Waals surface area contributed by atoms with Gasteiger partial charge in [-0.3, -0.25) is 4.68 Å². The topological polar surface area (TPSA) is 43.8 Å². The highest BCUT2D eigenvalue weighted by Crippen LogP contribution is 2.20. The Kier molecular flexibility index (Phi) is 1.96. The standard InChI is InChI=1S/C10H10FN3/c1-14-10(12)6-9(13-14)7-3-2-4-8(11)5-7/h2-6H,12H2,1H3. The number of nitrogens with zero attached hydrogens (tertiary/aromatic N) is 2. The number of hydrogen-bond acceptors (Lipinski definition) is 2. The molecule has 2 aromatic rings. The monoisotopic (exact) mass is 191 g/mol. The normalized spacial score (nSPS) is 10.4. The molecular formula is C10H10FN3. The quantitative estimate of drug-likeness (QED) is 0.747. The van der Waals surface area contributed by atoms with Crippen molar-refractivity contribution in [3.8, 4) is 11.3 Å². The molecule has 0 bridgehead atoms. The van der Waals surface area contributed by atoms with Crippen LogP contribution >= 0.6 is 0 Å². The Bertz CT molecular complexity index is 443. The highest BCUT2D eigenvalue weighted by atomic mass is 19.1. The van der Waals surface area contributed by atoms with E-state index in [0.29, 0.717) is 11.5 Å². The van der Waals surface area contributed by atoms with Crippen molar-refractivity contribution in [1.29, 1.82) is 0 Å². The van der Waals surface area contributed by atoms with Crippen molar-refractivity contribution in [3.05, 3.63) is 36.1 Å². The SMILES string of the molecule is Cn1nc(-c2cccc(F)c2)cc1N. The average Bonchev–Trinajstić information content (AvgIpc) is 2.47. The van der Waals surface area contributed by atoms with Gasteiger partial charge in [0.15, 0.2) is 0 Å². The van der Waals surface area contributed by atoms with Gasteiger partial charge < -0.3 is 5.73 Å². The molecule has 2 N–H and O–H groups in total. The lowest BCUT2D eigenvalue weighted by molar-refractivity contribution is 0.628. The van der Waals surface area contributed by atoms with Crippen LogP contribution in [0.25, 0.3) is 11.3 Å². The minimum atomic E-state index is -0.272. The number of hydrogen-bond donors (Lipinski definition) is 1. The van der Waals surface area contributed by atoms with E-state index in [1.54, 1.807) is 29.9 Å². The van der Waals surface area contributed by atoms with E-state index in [0.717, 1.165) is 5.56 Å². The molecule has 72 valence electrons. The number of benzene rings is 1. The summed E-state index contributed by atoms with van der Waals surface area (Å²) in [7, 11) is 1.75. The molecule has 0 spiro atoms. The molecule has 1 aromatic carbocycles. The maximum Gasteiger partial charge on any atom is 0.123 e. The fourth-order valence-corrected chi connectivity index (χ4v) is 1.27.